The summed E-state index contributed by atoms with van der Waals surface area (Å²) in [5.41, 5.74) is 0. The normalized spacial score (nSPS) is 19.0. The molecule has 0 spiro atoms. The van der Waals surface area contributed by atoms with Gasteiger partial charge in [0.25, 0.3) is 0 Å². The van der Waals surface area contributed by atoms with Crippen molar-refractivity contribution in [1.82, 2.24) is 0 Å². The van der Waals surface area contributed by atoms with Crippen LogP contribution >= 0.6 is 0 Å². The average molecular weight is 298 g/mol. The number of ether oxygens (including phenoxy) is 2. The number of rotatable bonds is 3. The third-order valence-corrected chi connectivity index (χ3v) is 8.58. The molecule has 1 aliphatic rings. The fourth-order valence-corrected chi connectivity index (χ4v) is 2.74. The van der Waals surface area contributed by atoms with Crippen LogP contribution in [0.15, 0.2) is 18.2 Å². The Bertz CT molecular complexity index is 482. The van der Waals surface area contributed by atoms with Crippen molar-refractivity contribution in [1.29, 1.82) is 0 Å². The van der Waals surface area contributed by atoms with Gasteiger partial charge in [0, 0.05) is 0 Å². The van der Waals surface area contributed by atoms with Crippen LogP contribution in [-0.4, -0.2) is 27.6 Å². The maximum Gasteiger partial charge on any atom is 0.197 e. The van der Waals surface area contributed by atoms with Gasteiger partial charge in [-0.1, -0.05) is 26.8 Å². The Morgan fingerprint density at radius 2 is 2.05 bits per heavy atom. The summed E-state index contributed by atoms with van der Waals surface area (Å²) in [5.74, 6) is 0.274. The van der Waals surface area contributed by atoms with Crippen molar-refractivity contribution in [3.8, 4) is 11.5 Å². The molecule has 0 saturated heterocycles. The van der Waals surface area contributed by atoms with Crippen molar-refractivity contribution >= 4 is 8.32 Å². The Kier molecular flexibility index (Phi) is 4.11. The number of hydrogen-bond acceptors (Lipinski definition) is 3. The van der Waals surface area contributed by atoms with E-state index in [1.807, 2.05) is 0 Å². The fraction of sp³-hybridized carbons (Fsp3) is 0.600. The van der Waals surface area contributed by atoms with Crippen molar-refractivity contribution in [2.45, 2.75) is 45.0 Å². The number of hydrogen-bond donors (Lipinski definition) is 0. The van der Waals surface area contributed by atoms with Gasteiger partial charge in [0.15, 0.2) is 31.7 Å². The van der Waals surface area contributed by atoms with Crippen LogP contribution in [0.4, 0.5) is 4.39 Å². The third kappa shape index (κ3) is 3.15. The second-order valence-corrected chi connectivity index (χ2v) is 11.5. The molecule has 0 fully saturated rings. The summed E-state index contributed by atoms with van der Waals surface area (Å²) in [5, 5.41) is 0.145. The highest BCUT2D eigenvalue weighted by Gasteiger charge is 2.38. The van der Waals surface area contributed by atoms with E-state index in [0.29, 0.717) is 19.0 Å². The van der Waals surface area contributed by atoms with E-state index < -0.39 is 8.32 Å². The van der Waals surface area contributed by atoms with Gasteiger partial charge in [-0.05, 0) is 30.3 Å². The lowest BCUT2D eigenvalue weighted by Crippen LogP contribution is -2.45. The van der Waals surface area contributed by atoms with Crippen LogP contribution < -0.4 is 9.47 Å². The molecule has 0 saturated carbocycles. The minimum Gasteiger partial charge on any atom is -0.486 e. The van der Waals surface area contributed by atoms with Crippen molar-refractivity contribution in [3.05, 3.63) is 24.0 Å². The summed E-state index contributed by atoms with van der Waals surface area (Å²) in [7, 11) is -1.82. The number of fused-ring (bicyclic) bond motifs is 1. The monoisotopic (exact) mass is 298 g/mol. The molecule has 0 radical (unpaired) electrons. The van der Waals surface area contributed by atoms with Gasteiger partial charge in [0.05, 0.1) is 6.61 Å². The van der Waals surface area contributed by atoms with Crippen LogP contribution in [0.3, 0.4) is 0 Å². The van der Waals surface area contributed by atoms with E-state index in [4.69, 9.17) is 13.9 Å². The van der Waals surface area contributed by atoms with E-state index in [1.165, 1.54) is 6.07 Å². The largest absolute Gasteiger partial charge is 0.486 e. The van der Waals surface area contributed by atoms with Crippen LogP contribution in [0.1, 0.15) is 20.8 Å². The maximum absolute atomic E-state index is 13.7. The lowest BCUT2D eigenvalue weighted by Gasteiger charge is -2.37. The Morgan fingerprint density at radius 1 is 1.35 bits per heavy atom. The van der Waals surface area contributed by atoms with Crippen LogP contribution in [-0.2, 0) is 4.43 Å². The molecule has 0 aromatic heterocycles. The average Bonchev–Trinajstić information content (AvgIpc) is 2.36. The second-order valence-electron chi connectivity index (χ2n) is 6.69. The van der Waals surface area contributed by atoms with Crippen molar-refractivity contribution in [2.75, 3.05) is 13.2 Å². The molecule has 1 aromatic rings. The van der Waals surface area contributed by atoms with E-state index in [9.17, 15) is 4.39 Å². The van der Waals surface area contributed by atoms with Gasteiger partial charge in [-0.2, -0.15) is 0 Å². The first kappa shape index (κ1) is 15.3. The summed E-state index contributed by atoms with van der Waals surface area (Å²) in [4.78, 5) is 0. The molecule has 0 aliphatic carbocycles. The zero-order valence-electron chi connectivity index (χ0n) is 12.8. The quantitative estimate of drug-likeness (QED) is 0.790. The SMILES string of the molecule is CC(C)(C)[Si](C)(C)OC[C@H]1COc2cccc(F)c2O1. The summed E-state index contributed by atoms with van der Waals surface area (Å²) < 4.78 is 31.0. The summed E-state index contributed by atoms with van der Waals surface area (Å²) in [6.07, 6.45) is -0.256. The second kappa shape index (κ2) is 5.37. The highest BCUT2D eigenvalue weighted by molar-refractivity contribution is 6.74. The summed E-state index contributed by atoms with van der Waals surface area (Å²) in [6, 6.07) is 4.70. The Hall–Kier alpha value is -1.07. The zero-order valence-corrected chi connectivity index (χ0v) is 13.8. The molecule has 20 heavy (non-hydrogen) atoms. The van der Waals surface area contributed by atoms with Gasteiger partial charge in [-0.3, -0.25) is 0 Å². The van der Waals surface area contributed by atoms with Gasteiger partial charge in [-0.15, -0.1) is 0 Å². The molecule has 1 aliphatic heterocycles. The molecule has 1 heterocycles. The van der Waals surface area contributed by atoms with Gasteiger partial charge in [0.1, 0.15) is 6.61 Å². The van der Waals surface area contributed by atoms with Crippen LogP contribution in [0, 0.1) is 5.82 Å². The molecule has 0 N–H and O–H groups in total. The smallest absolute Gasteiger partial charge is 0.197 e. The van der Waals surface area contributed by atoms with E-state index in [2.05, 4.69) is 33.9 Å². The molecule has 0 amide bonds. The minimum absolute atomic E-state index is 0.145. The number of halogens is 1. The standard InChI is InChI=1S/C15H23FO3Si/c1-15(2,3)20(4,5)18-10-11-9-17-13-8-6-7-12(16)14(13)19-11/h6-8,11H,9-10H2,1-5H3/t11-/m1/s1. The Morgan fingerprint density at radius 3 is 2.70 bits per heavy atom. The highest BCUT2D eigenvalue weighted by atomic mass is 28.4. The predicted octanol–water partition coefficient (Wildman–Crippen LogP) is 3.99. The van der Waals surface area contributed by atoms with Gasteiger partial charge < -0.3 is 13.9 Å². The van der Waals surface area contributed by atoms with E-state index in [1.54, 1.807) is 12.1 Å². The molecule has 0 unspecified atom stereocenters. The summed E-state index contributed by atoms with van der Waals surface area (Å²) >= 11 is 0. The minimum atomic E-state index is -1.82. The molecule has 1 aromatic carbocycles. The summed E-state index contributed by atoms with van der Waals surface area (Å²) in [6.45, 7) is 11.8. The molecule has 112 valence electrons. The fourth-order valence-electron chi connectivity index (χ4n) is 1.70. The first-order valence-corrected chi connectivity index (χ1v) is 9.83. The van der Waals surface area contributed by atoms with E-state index >= 15 is 0 Å². The van der Waals surface area contributed by atoms with E-state index in [0.717, 1.165) is 0 Å². The Balaban J connectivity index is 1.99. The lowest BCUT2D eigenvalue weighted by molar-refractivity contribution is 0.0453. The lowest BCUT2D eigenvalue weighted by atomic mass is 10.2. The molecular weight excluding hydrogens is 275 g/mol. The predicted molar refractivity (Wildman–Crippen MR) is 79.5 cm³/mol. The van der Waals surface area contributed by atoms with Gasteiger partial charge >= 0.3 is 0 Å². The van der Waals surface area contributed by atoms with Crippen molar-refractivity contribution in [3.63, 3.8) is 0 Å². The maximum atomic E-state index is 13.7. The Labute approximate surface area is 121 Å². The van der Waals surface area contributed by atoms with Gasteiger partial charge in [0.2, 0.25) is 0 Å². The van der Waals surface area contributed by atoms with Crippen molar-refractivity contribution < 1.29 is 18.3 Å². The molecule has 2 rings (SSSR count). The molecule has 5 heteroatoms. The number of benzene rings is 1. The first-order chi connectivity index (χ1) is 9.21. The first-order valence-electron chi connectivity index (χ1n) is 6.92. The van der Waals surface area contributed by atoms with Crippen molar-refractivity contribution in [2.24, 2.45) is 0 Å². The zero-order chi connectivity index (χ0) is 15.0. The molecule has 1 atom stereocenters. The topological polar surface area (TPSA) is 27.7 Å². The molecule has 0 bridgehead atoms. The van der Waals surface area contributed by atoms with Crippen LogP contribution in [0.2, 0.25) is 18.1 Å². The van der Waals surface area contributed by atoms with Gasteiger partial charge in [-0.25, -0.2) is 4.39 Å². The molecule has 3 nitrogen and oxygen atoms in total. The molecular formula is C15H23FO3Si. The number of para-hydroxylation sites is 1. The van der Waals surface area contributed by atoms with E-state index in [-0.39, 0.29) is 22.7 Å². The van der Waals surface area contributed by atoms with Crippen LogP contribution in [0.5, 0.6) is 11.5 Å². The van der Waals surface area contributed by atoms with Crippen LogP contribution in [0.25, 0.3) is 0 Å². The third-order valence-electron chi connectivity index (χ3n) is 4.08. The highest BCUT2D eigenvalue weighted by Crippen LogP contribution is 2.38.